The van der Waals surface area contributed by atoms with Gasteiger partial charge in [-0.2, -0.15) is 0 Å². The van der Waals surface area contributed by atoms with Crippen LogP contribution in [0, 0.1) is 6.92 Å². The smallest absolute Gasteiger partial charge is 0.337 e. The highest BCUT2D eigenvalue weighted by Gasteiger charge is 2.11. The van der Waals surface area contributed by atoms with Crippen LogP contribution in [0.5, 0.6) is 5.75 Å². The van der Waals surface area contributed by atoms with Gasteiger partial charge in [0.2, 0.25) is 0 Å². The molecule has 0 aliphatic carbocycles. The molecule has 0 unspecified atom stereocenters. The Kier molecular flexibility index (Phi) is 2.24. The van der Waals surface area contributed by atoms with Gasteiger partial charge in [0.25, 0.3) is 0 Å². The molecule has 3 nitrogen and oxygen atoms in total. The molecule has 0 spiro atoms. The molecule has 0 radical (unpaired) electrons. The van der Waals surface area contributed by atoms with Crippen molar-refractivity contribution in [1.82, 2.24) is 0 Å². The van der Waals surface area contributed by atoms with Crippen LogP contribution < -0.4 is 0 Å². The molecule has 1 rings (SSSR count). The Morgan fingerprint density at radius 2 is 2.08 bits per heavy atom. The van der Waals surface area contributed by atoms with Crippen molar-refractivity contribution in [3.05, 3.63) is 28.3 Å². The summed E-state index contributed by atoms with van der Waals surface area (Å²) in [5.41, 5.74) is 0.475. The highest BCUT2D eigenvalue weighted by Crippen LogP contribution is 2.25. The zero-order chi connectivity index (χ0) is 9.30. The summed E-state index contributed by atoms with van der Waals surface area (Å²) in [5, 5.41) is 17.8. The summed E-state index contributed by atoms with van der Waals surface area (Å²) < 4.78 is 0. The number of carbonyl (C=O) groups is 1. The minimum atomic E-state index is -1.14. The van der Waals surface area contributed by atoms with Crippen molar-refractivity contribution in [3.8, 4) is 5.75 Å². The largest absolute Gasteiger partial charge is 0.508 e. The zero-order valence-corrected chi connectivity index (χ0v) is 7.09. The lowest BCUT2D eigenvalue weighted by Crippen LogP contribution is -1.98. The summed E-state index contributed by atoms with van der Waals surface area (Å²) in [6.45, 7) is 1.63. The highest BCUT2D eigenvalue weighted by molar-refractivity contribution is 6.34. The van der Waals surface area contributed by atoms with Crippen LogP contribution in [0.15, 0.2) is 12.1 Å². The maximum Gasteiger partial charge on any atom is 0.337 e. The van der Waals surface area contributed by atoms with Crippen molar-refractivity contribution in [1.29, 1.82) is 0 Å². The lowest BCUT2D eigenvalue weighted by atomic mass is 10.1. The van der Waals surface area contributed by atoms with Crippen LogP contribution >= 0.6 is 11.6 Å². The van der Waals surface area contributed by atoms with Gasteiger partial charge in [0, 0.05) is 0 Å². The van der Waals surface area contributed by atoms with Crippen molar-refractivity contribution >= 4 is 17.6 Å². The molecule has 0 amide bonds. The van der Waals surface area contributed by atoms with Gasteiger partial charge in [-0.3, -0.25) is 0 Å². The predicted molar refractivity (Wildman–Crippen MR) is 44.8 cm³/mol. The second-order valence-electron chi connectivity index (χ2n) is 2.43. The maximum atomic E-state index is 10.5. The van der Waals surface area contributed by atoms with Crippen molar-refractivity contribution in [3.63, 3.8) is 0 Å². The normalized spacial score (nSPS) is 9.83. The summed E-state index contributed by atoms with van der Waals surface area (Å²) in [4.78, 5) is 10.5. The minimum Gasteiger partial charge on any atom is -0.508 e. The Morgan fingerprint density at radius 3 is 2.58 bits per heavy atom. The van der Waals surface area contributed by atoms with Crippen molar-refractivity contribution in [2.24, 2.45) is 0 Å². The number of rotatable bonds is 1. The number of aromatic hydroxyl groups is 1. The fourth-order valence-corrected chi connectivity index (χ4v) is 1.10. The van der Waals surface area contributed by atoms with Gasteiger partial charge < -0.3 is 10.2 Å². The number of benzene rings is 1. The first-order valence-corrected chi connectivity index (χ1v) is 3.62. The molecule has 0 bridgehead atoms. The van der Waals surface area contributed by atoms with E-state index in [-0.39, 0.29) is 16.3 Å². The SMILES string of the molecule is Cc1cc(O)cc(C(=O)O)c1Cl. The summed E-state index contributed by atoms with van der Waals surface area (Å²) in [6, 6.07) is 2.53. The van der Waals surface area contributed by atoms with Gasteiger partial charge in [0.15, 0.2) is 0 Å². The number of phenols is 1. The van der Waals surface area contributed by atoms with Crippen molar-refractivity contribution in [2.75, 3.05) is 0 Å². The van der Waals surface area contributed by atoms with Crippen LogP contribution in [0.1, 0.15) is 15.9 Å². The van der Waals surface area contributed by atoms with Gasteiger partial charge in [-0.1, -0.05) is 11.6 Å². The number of carboxylic acids is 1. The number of hydrogen-bond donors (Lipinski definition) is 2. The number of carboxylic acid groups (broad SMARTS) is 1. The second-order valence-corrected chi connectivity index (χ2v) is 2.81. The van der Waals surface area contributed by atoms with Crippen LogP contribution in [-0.2, 0) is 0 Å². The Hall–Kier alpha value is -1.22. The average molecular weight is 187 g/mol. The quantitative estimate of drug-likeness (QED) is 0.706. The third-order valence-electron chi connectivity index (χ3n) is 1.47. The van der Waals surface area contributed by atoms with Crippen molar-refractivity contribution < 1.29 is 15.0 Å². The van der Waals surface area contributed by atoms with Gasteiger partial charge >= 0.3 is 5.97 Å². The number of hydrogen-bond acceptors (Lipinski definition) is 2. The van der Waals surface area contributed by atoms with Gasteiger partial charge in [-0.25, -0.2) is 4.79 Å². The fraction of sp³-hybridized carbons (Fsp3) is 0.125. The molecule has 0 heterocycles. The Morgan fingerprint density at radius 1 is 1.50 bits per heavy atom. The van der Waals surface area contributed by atoms with E-state index >= 15 is 0 Å². The monoisotopic (exact) mass is 186 g/mol. The van der Waals surface area contributed by atoms with E-state index in [2.05, 4.69) is 0 Å². The van der Waals surface area contributed by atoms with E-state index in [1.807, 2.05) is 0 Å². The molecular formula is C8H7ClO3. The van der Waals surface area contributed by atoms with E-state index < -0.39 is 5.97 Å². The van der Waals surface area contributed by atoms with Crippen LogP contribution in [0.4, 0.5) is 0 Å². The van der Waals surface area contributed by atoms with E-state index in [0.717, 1.165) is 6.07 Å². The topological polar surface area (TPSA) is 57.5 Å². The van der Waals surface area contributed by atoms with Gasteiger partial charge in [0.05, 0.1) is 10.6 Å². The Balaban J connectivity index is 3.37. The zero-order valence-electron chi connectivity index (χ0n) is 6.34. The number of aromatic carboxylic acids is 1. The molecule has 0 aliphatic heterocycles. The van der Waals surface area contributed by atoms with Crippen LogP contribution in [0.3, 0.4) is 0 Å². The molecule has 2 N–H and O–H groups in total. The van der Waals surface area contributed by atoms with Crippen LogP contribution in [-0.4, -0.2) is 16.2 Å². The maximum absolute atomic E-state index is 10.5. The predicted octanol–water partition coefficient (Wildman–Crippen LogP) is 2.05. The summed E-state index contributed by atoms with van der Waals surface area (Å²) in [6.07, 6.45) is 0. The van der Waals surface area contributed by atoms with Gasteiger partial charge in [-0.05, 0) is 24.6 Å². The second kappa shape index (κ2) is 3.03. The lowest BCUT2D eigenvalue weighted by Gasteiger charge is -2.02. The molecule has 1 aromatic carbocycles. The van der Waals surface area contributed by atoms with Gasteiger partial charge in [0.1, 0.15) is 5.75 Å². The van der Waals surface area contributed by atoms with E-state index in [1.165, 1.54) is 6.07 Å². The molecular weight excluding hydrogens is 180 g/mol. The van der Waals surface area contributed by atoms with Crippen molar-refractivity contribution in [2.45, 2.75) is 6.92 Å². The standard InChI is InChI=1S/C8H7ClO3/c1-4-2-5(10)3-6(7(4)9)8(11)12/h2-3,10H,1H3,(H,11,12). The van der Waals surface area contributed by atoms with Gasteiger partial charge in [-0.15, -0.1) is 0 Å². The minimum absolute atomic E-state index is 0.0748. The van der Waals surface area contributed by atoms with Crippen LogP contribution in [0.25, 0.3) is 0 Å². The van der Waals surface area contributed by atoms with E-state index in [9.17, 15) is 4.79 Å². The molecule has 12 heavy (non-hydrogen) atoms. The van der Waals surface area contributed by atoms with E-state index in [0.29, 0.717) is 5.56 Å². The molecule has 0 saturated carbocycles. The lowest BCUT2D eigenvalue weighted by molar-refractivity contribution is 0.0696. The first kappa shape index (κ1) is 8.87. The molecule has 0 atom stereocenters. The Labute approximate surface area is 74.2 Å². The number of halogens is 1. The number of phenolic OH excluding ortho intramolecular Hbond substituents is 1. The molecule has 0 saturated heterocycles. The third kappa shape index (κ3) is 1.51. The molecule has 0 aliphatic rings. The Bertz CT molecular complexity index is 333. The average Bonchev–Trinajstić information content (AvgIpc) is 1.96. The van der Waals surface area contributed by atoms with E-state index in [1.54, 1.807) is 6.92 Å². The molecule has 64 valence electrons. The molecule has 0 aromatic heterocycles. The van der Waals surface area contributed by atoms with Crippen LogP contribution in [0.2, 0.25) is 5.02 Å². The fourth-order valence-electron chi connectivity index (χ4n) is 0.906. The van der Waals surface area contributed by atoms with E-state index in [4.69, 9.17) is 21.8 Å². The first-order chi connectivity index (χ1) is 5.52. The molecule has 4 heteroatoms. The highest BCUT2D eigenvalue weighted by atomic mass is 35.5. The first-order valence-electron chi connectivity index (χ1n) is 3.25. The summed E-state index contributed by atoms with van der Waals surface area (Å²) in [7, 11) is 0. The third-order valence-corrected chi connectivity index (χ3v) is 1.97. The summed E-state index contributed by atoms with van der Waals surface area (Å²) >= 11 is 5.67. The molecule has 0 fully saturated rings. The molecule has 1 aromatic rings. The summed E-state index contributed by atoms with van der Waals surface area (Å²) in [5.74, 6) is -1.23. The number of aryl methyl sites for hydroxylation is 1.